The van der Waals surface area contributed by atoms with Crippen molar-refractivity contribution in [3.63, 3.8) is 0 Å². The highest BCUT2D eigenvalue weighted by molar-refractivity contribution is 7.89. The lowest BCUT2D eigenvalue weighted by Crippen LogP contribution is -2.29. The minimum atomic E-state index is -3.64. The third kappa shape index (κ3) is 6.10. The van der Waals surface area contributed by atoms with Crippen molar-refractivity contribution in [2.24, 2.45) is 0 Å². The lowest BCUT2D eigenvalue weighted by Gasteiger charge is -2.18. The van der Waals surface area contributed by atoms with E-state index in [0.29, 0.717) is 28.6 Å². The van der Waals surface area contributed by atoms with Gasteiger partial charge in [-0.25, -0.2) is 22.5 Å². The molecule has 36 heavy (non-hydrogen) atoms. The van der Waals surface area contributed by atoms with E-state index in [4.69, 9.17) is 16.7 Å². The number of nitrogens with one attached hydrogen (secondary N) is 2. The van der Waals surface area contributed by atoms with Gasteiger partial charge in [0.2, 0.25) is 10.0 Å². The molecular weight excluding hydrogens is 501 g/mol. The van der Waals surface area contributed by atoms with Crippen LogP contribution in [0.1, 0.15) is 20.8 Å². The summed E-state index contributed by atoms with van der Waals surface area (Å²) in [7, 11) is -3.64. The Morgan fingerprint density at radius 1 is 1.00 bits per heavy atom. The van der Waals surface area contributed by atoms with Crippen LogP contribution in [0.5, 0.6) is 0 Å². The molecule has 2 heterocycles. The molecule has 10 heteroatoms. The number of pyridine rings is 1. The van der Waals surface area contributed by atoms with E-state index in [0.717, 1.165) is 11.1 Å². The molecule has 0 saturated heterocycles. The van der Waals surface area contributed by atoms with Gasteiger partial charge in [0.1, 0.15) is 17.3 Å². The highest BCUT2D eigenvalue weighted by Crippen LogP contribution is 2.34. The van der Waals surface area contributed by atoms with Crippen molar-refractivity contribution >= 4 is 27.4 Å². The topological polar surface area (TPSA) is 88.9 Å². The van der Waals surface area contributed by atoms with Gasteiger partial charge in [0.15, 0.2) is 0 Å². The van der Waals surface area contributed by atoms with Gasteiger partial charge in [-0.3, -0.25) is 4.68 Å². The second-order valence-electron chi connectivity index (χ2n) is 9.23. The fraction of sp³-hybridized carbons (Fsp3) is 0.231. The van der Waals surface area contributed by atoms with Gasteiger partial charge in [-0.2, -0.15) is 5.10 Å². The van der Waals surface area contributed by atoms with Gasteiger partial charge < -0.3 is 5.32 Å². The van der Waals surface area contributed by atoms with E-state index in [1.165, 1.54) is 36.4 Å². The molecule has 4 aromatic rings. The lowest BCUT2D eigenvalue weighted by atomic mass is 10.0. The maximum atomic E-state index is 14.0. The molecule has 4 rings (SSSR count). The summed E-state index contributed by atoms with van der Waals surface area (Å²) < 4.78 is 43.3. The number of hydrogen-bond acceptors (Lipinski definition) is 5. The molecule has 2 aromatic heterocycles. The molecule has 0 atom stereocenters. The summed E-state index contributed by atoms with van der Waals surface area (Å²) >= 11 is 5.83. The van der Waals surface area contributed by atoms with E-state index in [1.54, 1.807) is 12.3 Å². The van der Waals surface area contributed by atoms with Gasteiger partial charge in [-0.1, -0.05) is 23.7 Å². The molecule has 0 radical (unpaired) electrons. The van der Waals surface area contributed by atoms with Crippen LogP contribution >= 0.6 is 11.6 Å². The van der Waals surface area contributed by atoms with E-state index in [1.807, 2.05) is 49.8 Å². The third-order valence-corrected chi connectivity index (χ3v) is 7.15. The fourth-order valence-corrected chi connectivity index (χ4v) is 4.70. The van der Waals surface area contributed by atoms with E-state index >= 15 is 0 Å². The van der Waals surface area contributed by atoms with Crippen LogP contribution in [0, 0.1) is 5.82 Å². The largest absolute Gasteiger partial charge is 0.369 e. The molecule has 0 aliphatic rings. The summed E-state index contributed by atoms with van der Waals surface area (Å²) in [6.45, 7) is 6.62. The summed E-state index contributed by atoms with van der Waals surface area (Å²) in [5, 5.41) is 8.37. The number of aromatic nitrogens is 3. The molecule has 0 spiro atoms. The van der Waals surface area contributed by atoms with Crippen molar-refractivity contribution < 1.29 is 12.8 Å². The highest BCUT2D eigenvalue weighted by Gasteiger charge is 2.20. The minimum Gasteiger partial charge on any atom is -0.369 e. The fourth-order valence-electron chi connectivity index (χ4n) is 3.55. The monoisotopic (exact) mass is 527 g/mol. The van der Waals surface area contributed by atoms with Crippen LogP contribution in [-0.2, 0) is 15.6 Å². The average Bonchev–Trinajstić information content (AvgIpc) is 3.29. The Balaban J connectivity index is 1.52. The first-order valence-corrected chi connectivity index (χ1v) is 13.2. The second-order valence-corrected chi connectivity index (χ2v) is 11.4. The van der Waals surface area contributed by atoms with Crippen LogP contribution in [0.4, 0.5) is 10.2 Å². The molecule has 2 N–H and O–H groups in total. The van der Waals surface area contributed by atoms with Crippen molar-refractivity contribution in [2.45, 2.75) is 31.2 Å². The Hall–Kier alpha value is -3.27. The third-order valence-electron chi connectivity index (χ3n) is 5.42. The quantitative estimate of drug-likeness (QED) is 0.293. The Bertz CT molecular complexity index is 1460. The van der Waals surface area contributed by atoms with Crippen LogP contribution in [0.15, 0.2) is 78.0 Å². The SMILES string of the molecule is CC(C)(C)n1cc(-c2ccnc(NCCNS(=O)(=O)c3ccc(Cl)cc3)c2)c(-c2cccc(F)c2)n1. The number of nitrogens with zero attached hydrogens (tertiary/aromatic N) is 3. The van der Waals surface area contributed by atoms with Gasteiger partial charge in [-0.15, -0.1) is 0 Å². The molecule has 2 aromatic carbocycles. The van der Waals surface area contributed by atoms with Gasteiger partial charge in [0, 0.05) is 41.6 Å². The predicted octanol–water partition coefficient (Wildman–Crippen LogP) is 5.55. The molecule has 0 saturated carbocycles. The number of anilines is 1. The van der Waals surface area contributed by atoms with Crippen molar-refractivity contribution in [1.29, 1.82) is 0 Å². The van der Waals surface area contributed by atoms with Crippen LogP contribution in [0.25, 0.3) is 22.4 Å². The molecular formula is C26H27ClFN5O2S. The minimum absolute atomic E-state index is 0.146. The maximum Gasteiger partial charge on any atom is 0.240 e. The molecule has 0 amide bonds. The van der Waals surface area contributed by atoms with Crippen molar-refractivity contribution in [3.05, 3.63) is 83.9 Å². The molecule has 188 valence electrons. The number of sulfonamides is 1. The first-order valence-electron chi connectivity index (χ1n) is 11.3. The molecule has 0 aliphatic heterocycles. The van der Waals surface area contributed by atoms with E-state index in [-0.39, 0.29) is 22.8 Å². The molecule has 0 bridgehead atoms. The zero-order valence-corrected chi connectivity index (χ0v) is 21.7. The molecule has 0 fully saturated rings. The van der Waals surface area contributed by atoms with Crippen molar-refractivity contribution in [3.8, 4) is 22.4 Å². The first-order chi connectivity index (χ1) is 17.0. The van der Waals surface area contributed by atoms with Crippen molar-refractivity contribution in [2.75, 3.05) is 18.4 Å². The summed E-state index contributed by atoms with van der Waals surface area (Å²) in [5.74, 6) is 0.244. The molecule has 7 nitrogen and oxygen atoms in total. The zero-order valence-electron chi connectivity index (χ0n) is 20.2. The summed E-state index contributed by atoms with van der Waals surface area (Å²) in [4.78, 5) is 4.49. The first kappa shape index (κ1) is 25.8. The second kappa shape index (κ2) is 10.4. The van der Waals surface area contributed by atoms with Gasteiger partial charge in [0.25, 0.3) is 0 Å². The number of hydrogen-bond donors (Lipinski definition) is 2. The van der Waals surface area contributed by atoms with Crippen LogP contribution in [0.3, 0.4) is 0 Å². The molecule has 0 unspecified atom stereocenters. The van der Waals surface area contributed by atoms with Crippen LogP contribution < -0.4 is 10.0 Å². The number of benzene rings is 2. The Morgan fingerprint density at radius 2 is 1.75 bits per heavy atom. The maximum absolute atomic E-state index is 14.0. The van der Waals surface area contributed by atoms with Crippen LogP contribution in [-0.4, -0.2) is 36.3 Å². The Labute approximate surface area is 215 Å². The summed E-state index contributed by atoms with van der Waals surface area (Å²) in [6, 6.07) is 16.1. The standard InChI is InChI=1S/C26H27ClFN5O2S/c1-26(2,3)33-17-23(25(32-33)19-5-4-6-21(28)15-19)18-11-12-29-24(16-18)30-13-14-31-36(34,35)22-9-7-20(27)8-10-22/h4-12,15-17,31H,13-14H2,1-3H3,(H,29,30). The van der Waals surface area contributed by atoms with E-state index in [2.05, 4.69) is 15.0 Å². The summed E-state index contributed by atoms with van der Waals surface area (Å²) in [6.07, 6.45) is 3.61. The Morgan fingerprint density at radius 3 is 2.44 bits per heavy atom. The normalized spacial score (nSPS) is 12.0. The molecule has 0 aliphatic carbocycles. The van der Waals surface area contributed by atoms with Gasteiger partial charge in [0.05, 0.1) is 10.4 Å². The smallest absolute Gasteiger partial charge is 0.240 e. The Kier molecular flexibility index (Phi) is 7.44. The lowest BCUT2D eigenvalue weighted by molar-refractivity contribution is 0.356. The average molecular weight is 528 g/mol. The zero-order chi connectivity index (χ0) is 25.9. The predicted molar refractivity (Wildman–Crippen MR) is 141 cm³/mol. The van der Waals surface area contributed by atoms with Crippen LogP contribution in [0.2, 0.25) is 5.02 Å². The number of halogens is 2. The summed E-state index contributed by atoms with van der Waals surface area (Å²) in [5.41, 5.74) is 2.76. The van der Waals surface area contributed by atoms with Crippen molar-refractivity contribution in [1.82, 2.24) is 19.5 Å². The van der Waals surface area contributed by atoms with E-state index < -0.39 is 10.0 Å². The van der Waals surface area contributed by atoms with Gasteiger partial charge >= 0.3 is 0 Å². The highest BCUT2D eigenvalue weighted by atomic mass is 35.5. The van der Waals surface area contributed by atoms with E-state index in [9.17, 15) is 12.8 Å². The van der Waals surface area contributed by atoms with Gasteiger partial charge in [-0.05, 0) is 74.9 Å². The number of rotatable bonds is 8.